The molecule has 0 aliphatic heterocycles. The summed E-state index contributed by atoms with van der Waals surface area (Å²) in [5.74, 6) is 0.355. The highest BCUT2D eigenvalue weighted by atomic mass is 16.4. The second-order valence-electron chi connectivity index (χ2n) is 4.58. The minimum atomic E-state index is -0.716. The van der Waals surface area contributed by atoms with E-state index in [1.54, 1.807) is 0 Å². The van der Waals surface area contributed by atoms with Crippen LogP contribution in [-0.2, 0) is 4.79 Å². The van der Waals surface area contributed by atoms with E-state index in [0.29, 0.717) is 18.4 Å². The van der Waals surface area contributed by atoms with Crippen molar-refractivity contribution < 1.29 is 9.90 Å². The van der Waals surface area contributed by atoms with Gasteiger partial charge in [-0.2, -0.15) is 0 Å². The summed E-state index contributed by atoms with van der Waals surface area (Å²) in [4.78, 5) is 10.7. The molecule has 3 heteroatoms. The van der Waals surface area contributed by atoms with Crippen LogP contribution in [-0.4, -0.2) is 17.6 Å². The van der Waals surface area contributed by atoms with Crippen LogP contribution < -0.4 is 5.73 Å². The fraction of sp³-hybridized carbons (Fsp3) is 0.900. The Bertz CT molecular complexity index is 205. The highest BCUT2D eigenvalue weighted by Crippen LogP contribution is 2.47. The first kappa shape index (κ1) is 10.5. The Balaban J connectivity index is 2.74. The third kappa shape index (κ3) is 2.02. The minimum absolute atomic E-state index is 0.134. The van der Waals surface area contributed by atoms with Gasteiger partial charge in [-0.1, -0.05) is 13.8 Å². The normalized spacial score (nSPS) is 39.3. The highest BCUT2D eigenvalue weighted by molar-refractivity contribution is 5.67. The van der Waals surface area contributed by atoms with Crippen LogP contribution in [0.5, 0.6) is 0 Å². The van der Waals surface area contributed by atoms with Gasteiger partial charge in [0.05, 0.1) is 6.42 Å². The Morgan fingerprint density at radius 1 is 1.62 bits per heavy atom. The molecule has 3 atom stereocenters. The summed E-state index contributed by atoms with van der Waals surface area (Å²) in [5, 5.41) is 8.82. The van der Waals surface area contributed by atoms with Crippen LogP contribution >= 0.6 is 0 Å². The summed E-state index contributed by atoms with van der Waals surface area (Å²) in [7, 11) is 0. The zero-order chi connectivity index (χ0) is 10.1. The van der Waals surface area contributed by atoms with Gasteiger partial charge in [-0.15, -0.1) is 0 Å². The molecule has 1 fully saturated rings. The molecule has 3 nitrogen and oxygen atoms in total. The molecule has 0 radical (unpaired) electrons. The van der Waals surface area contributed by atoms with Crippen molar-refractivity contribution >= 4 is 5.97 Å². The van der Waals surface area contributed by atoms with E-state index < -0.39 is 5.97 Å². The van der Waals surface area contributed by atoms with Gasteiger partial charge in [0.15, 0.2) is 0 Å². The first-order chi connectivity index (χ1) is 6.00. The van der Waals surface area contributed by atoms with Gasteiger partial charge in [0, 0.05) is 0 Å². The van der Waals surface area contributed by atoms with Crippen molar-refractivity contribution in [3.05, 3.63) is 0 Å². The molecular formula is C10H19NO2. The number of aliphatic carboxylic acids is 1. The second-order valence-corrected chi connectivity index (χ2v) is 4.58. The molecule has 0 aromatic carbocycles. The van der Waals surface area contributed by atoms with E-state index in [2.05, 4.69) is 13.8 Å². The van der Waals surface area contributed by atoms with Crippen LogP contribution in [0.25, 0.3) is 0 Å². The Labute approximate surface area is 79.3 Å². The standard InChI is InChI=1S/C10H19NO2/c1-7-3-8(2)10(4-7,6-11)5-9(12)13/h7-8H,3-6,11H2,1-2H3,(H,12,13)/t7-,8+,10?/m1/s1. The molecule has 0 amide bonds. The van der Waals surface area contributed by atoms with Gasteiger partial charge in [0.25, 0.3) is 0 Å². The molecule has 13 heavy (non-hydrogen) atoms. The lowest BCUT2D eigenvalue weighted by molar-refractivity contribution is -0.140. The predicted molar refractivity (Wildman–Crippen MR) is 51.3 cm³/mol. The van der Waals surface area contributed by atoms with E-state index in [1.165, 1.54) is 0 Å². The third-order valence-corrected chi connectivity index (χ3v) is 3.47. The fourth-order valence-corrected chi connectivity index (χ4v) is 2.74. The molecule has 1 aliphatic rings. The lowest BCUT2D eigenvalue weighted by Crippen LogP contribution is -2.35. The Hall–Kier alpha value is -0.570. The molecule has 0 aromatic rings. The summed E-state index contributed by atoms with van der Waals surface area (Å²) in [6.45, 7) is 4.81. The van der Waals surface area contributed by atoms with Crippen molar-refractivity contribution in [2.75, 3.05) is 6.54 Å². The van der Waals surface area contributed by atoms with E-state index in [0.717, 1.165) is 12.8 Å². The zero-order valence-electron chi connectivity index (χ0n) is 8.42. The summed E-state index contributed by atoms with van der Waals surface area (Å²) in [6, 6.07) is 0. The maximum atomic E-state index is 10.7. The van der Waals surface area contributed by atoms with Crippen molar-refractivity contribution in [2.45, 2.75) is 33.1 Å². The Morgan fingerprint density at radius 3 is 2.54 bits per heavy atom. The van der Waals surface area contributed by atoms with Gasteiger partial charge in [-0.25, -0.2) is 0 Å². The van der Waals surface area contributed by atoms with Crippen molar-refractivity contribution in [1.29, 1.82) is 0 Å². The first-order valence-corrected chi connectivity index (χ1v) is 4.92. The maximum absolute atomic E-state index is 10.7. The number of hydrogen-bond donors (Lipinski definition) is 2. The number of carboxylic acid groups (broad SMARTS) is 1. The van der Waals surface area contributed by atoms with E-state index in [1.807, 2.05) is 0 Å². The van der Waals surface area contributed by atoms with Gasteiger partial charge in [0.2, 0.25) is 0 Å². The van der Waals surface area contributed by atoms with Crippen LogP contribution in [0.3, 0.4) is 0 Å². The largest absolute Gasteiger partial charge is 0.481 e. The molecule has 0 spiro atoms. The average Bonchev–Trinajstić information content (AvgIpc) is 2.26. The van der Waals surface area contributed by atoms with E-state index in [4.69, 9.17) is 10.8 Å². The van der Waals surface area contributed by atoms with Gasteiger partial charge in [-0.3, -0.25) is 4.79 Å². The third-order valence-electron chi connectivity index (χ3n) is 3.47. The first-order valence-electron chi connectivity index (χ1n) is 4.92. The molecular weight excluding hydrogens is 166 g/mol. The van der Waals surface area contributed by atoms with Crippen LogP contribution in [0.15, 0.2) is 0 Å². The molecule has 76 valence electrons. The maximum Gasteiger partial charge on any atom is 0.303 e. The van der Waals surface area contributed by atoms with Crippen LogP contribution in [0.1, 0.15) is 33.1 Å². The number of carboxylic acids is 1. The molecule has 0 heterocycles. The van der Waals surface area contributed by atoms with Crippen molar-refractivity contribution in [1.82, 2.24) is 0 Å². The topological polar surface area (TPSA) is 63.3 Å². The molecule has 3 N–H and O–H groups in total. The summed E-state index contributed by atoms with van der Waals surface area (Å²) in [6.07, 6.45) is 2.32. The molecule has 0 saturated heterocycles. The van der Waals surface area contributed by atoms with Gasteiger partial charge in [-0.05, 0) is 36.6 Å². The van der Waals surface area contributed by atoms with Gasteiger partial charge >= 0.3 is 5.97 Å². The molecule has 0 bridgehead atoms. The summed E-state index contributed by atoms with van der Waals surface area (Å²) < 4.78 is 0. The lowest BCUT2D eigenvalue weighted by atomic mass is 9.76. The Morgan fingerprint density at radius 2 is 2.23 bits per heavy atom. The minimum Gasteiger partial charge on any atom is -0.481 e. The van der Waals surface area contributed by atoms with Crippen LogP contribution in [0.4, 0.5) is 0 Å². The van der Waals surface area contributed by atoms with Gasteiger partial charge < -0.3 is 10.8 Å². The molecule has 1 rings (SSSR count). The van der Waals surface area contributed by atoms with Crippen molar-refractivity contribution in [3.8, 4) is 0 Å². The number of carbonyl (C=O) groups is 1. The van der Waals surface area contributed by atoms with Crippen molar-refractivity contribution in [2.24, 2.45) is 23.0 Å². The van der Waals surface area contributed by atoms with E-state index in [9.17, 15) is 4.79 Å². The lowest BCUT2D eigenvalue weighted by Gasteiger charge is -2.30. The monoisotopic (exact) mass is 185 g/mol. The Kier molecular flexibility index (Phi) is 2.96. The molecule has 0 aromatic heterocycles. The number of rotatable bonds is 3. The average molecular weight is 185 g/mol. The SMILES string of the molecule is C[C@@H]1C[C@H](C)C(CN)(CC(=O)O)C1. The van der Waals surface area contributed by atoms with Crippen molar-refractivity contribution in [3.63, 3.8) is 0 Å². The quantitative estimate of drug-likeness (QED) is 0.700. The summed E-state index contributed by atoms with van der Waals surface area (Å²) in [5.41, 5.74) is 5.57. The number of nitrogens with two attached hydrogens (primary N) is 1. The van der Waals surface area contributed by atoms with E-state index in [-0.39, 0.29) is 11.8 Å². The molecule has 1 aliphatic carbocycles. The highest BCUT2D eigenvalue weighted by Gasteiger charge is 2.43. The predicted octanol–water partition coefficient (Wildman–Crippen LogP) is 1.47. The van der Waals surface area contributed by atoms with Crippen LogP contribution in [0.2, 0.25) is 0 Å². The second kappa shape index (κ2) is 3.66. The molecule has 1 unspecified atom stereocenters. The summed E-state index contributed by atoms with van der Waals surface area (Å²) >= 11 is 0. The van der Waals surface area contributed by atoms with Crippen LogP contribution in [0, 0.1) is 17.3 Å². The zero-order valence-corrected chi connectivity index (χ0v) is 8.42. The fourth-order valence-electron chi connectivity index (χ4n) is 2.74. The number of hydrogen-bond acceptors (Lipinski definition) is 2. The molecule has 1 saturated carbocycles. The van der Waals surface area contributed by atoms with Gasteiger partial charge in [0.1, 0.15) is 0 Å². The smallest absolute Gasteiger partial charge is 0.303 e. The van der Waals surface area contributed by atoms with E-state index >= 15 is 0 Å².